The molecule has 0 aliphatic carbocycles. The summed E-state index contributed by atoms with van der Waals surface area (Å²) in [6.45, 7) is 2.87. The molecule has 2 aromatic carbocycles. The van der Waals surface area contributed by atoms with Crippen molar-refractivity contribution in [2.75, 3.05) is 25.7 Å². The minimum Gasteiger partial charge on any atom is -0.493 e. The van der Waals surface area contributed by atoms with E-state index in [1.54, 1.807) is 13.0 Å². The molecule has 3 rings (SSSR count). The average Bonchev–Trinajstić information content (AvgIpc) is 2.72. The van der Waals surface area contributed by atoms with Gasteiger partial charge < -0.3 is 9.47 Å². The van der Waals surface area contributed by atoms with Crippen LogP contribution in [0.15, 0.2) is 42.5 Å². The fourth-order valence-electron chi connectivity index (χ4n) is 3.09. The summed E-state index contributed by atoms with van der Waals surface area (Å²) in [7, 11) is 0. The topological polar surface area (TPSA) is 35.5 Å². The molecule has 0 bridgehead atoms. The summed E-state index contributed by atoms with van der Waals surface area (Å²) < 4.78 is 11.0. The molecule has 1 aliphatic rings. The molecule has 1 aliphatic heterocycles. The van der Waals surface area contributed by atoms with Crippen LogP contribution in [0.3, 0.4) is 0 Å². The lowest BCUT2D eigenvalue weighted by molar-refractivity contribution is 0.0526. The van der Waals surface area contributed by atoms with Gasteiger partial charge in [-0.1, -0.05) is 24.0 Å². The SMILES string of the molecule is CCOC(=O)c1ccccc1C#Cc1ccc2c(c1)C(SC)(SC)CCO2. The lowest BCUT2D eigenvalue weighted by Crippen LogP contribution is -2.26. The number of ether oxygens (including phenoxy) is 2. The Balaban J connectivity index is 1.97. The average molecular weight is 399 g/mol. The van der Waals surface area contributed by atoms with Gasteiger partial charge in [-0.05, 0) is 49.8 Å². The standard InChI is InChI=1S/C22H22O3S2/c1-4-24-21(23)18-8-6-5-7-17(18)11-9-16-10-12-20-19(15-16)22(26-2,27-3)13-14-25-20/h5-8,10,12,15H,4,13-14H2,1-3H3. The van der Waals surface area contributed by atoms with E-state index in [0.29, 0.717) is 17.7 Å². The van der Waals surface area contributed by atoms with Crippen molar-refractivity contribution in [3.8, 4) is 17.6 Å². The maximum absolute atomic E-state index is 12.1. The van der Waals surface area contributed by atoms with Gasteiger partial charge in [-0.25, -0.2) is 4.79 Å². The summed E-state index contributed by atoms with van der Waals surface area (Å²) >= 11 is 3.69. The highest BCUT2D eigenvalue weighted by Crippen LogP contribution is 2.52. The molecule has 2 aromatic rings. The highest BCUT2D eigenvalue weighted by Gasteiger charge is 2.36. The number of carbonyl (C=O) groups is 1. The summed E-state index contributed by atoms with van der Waals surface area (Å²) in [5, 5.41) is 0. The van der Waals surface area contributed by atoms with Crippen molar-refractivity contribution in [3.05, 3.63) is 64.7 Å². The Morgan fingerprint density at radius 1 is 1.19 bits per heavy atom. The van der Waals surface area contributed by atoms with Crippen molar-refractivity contribution < 1.29 is 14.3 Å². The van der Waals surface area contributed by atoms with Crippen molar-refractivity contribution in [3.63, 3.8) is 0 Å². The van der Waals surface area contributed by atoms with Crippen LogP contribution in [0.2, 0.25) is 0 Å². The van der Waals surface area contributed by atoms with Gasteiger partial charge in [0, 0.05) is 23.1 Å². The quantitative estimate of drug-likeness (QED) is 0.415. The highest BCUT2D eigenvalue weighted by atomic mass is 32.2. The second-order valence-electron chi connectivity index (χ2n) is 5.99. The van der Waals surface area contributed by atoms with Crippen molar-refractivity contribution in [2.45, 2.75) is 17.4 Å². The predicted octanol–water partition coefficient (Wildman–Crippen LogP) is 4.92. The first-order valence-electron chi connectivity index (χ1n) is 8.79. The second kappa shape index (κ2) is 8.77. The highest BCUT2D eigenvalue weighted by molar-refractivity contribution is 8.16. The third-order valence-corrected chi connectivity index (χ3v) is 7.67. The van der Waals surface area contributed by atoms with Crippen molar-refractivity contribution in [1.82, 2.24) is 0 Å². The zero-order valence-electron chi connectivity index (χ0n) is 15.7. The molecule has 0 fully saturated rings. The number of hydrogen-bond acceptors (Lipinski definition) is 5. The molecular weight excluding hydrogens is 376 g/mol. The maximum Gasteiger partial charge on any atom is 0.339 e. The molecule has 0 radical (unpaired) electrons. The molecule has 0 N–H and O–H groups in total. The van der Waals surface area contributed by atoms with E-state index in [4.69, 9.17) is 9.47 Å². The van der Waals surface area contributed by atoms with Crippen molar-refractivity contribution in [2.24, 2.45) is 0 Å². The molecule has 27 heavy (non-hydrogen) atoms. The number of thioether (sulfide) groups is 2. The minimum absolute atomic E-state index is 0.00584. The van der Waals surface area contributed by atoms with E-state index in [9.17, 15) is 4.79 Å². The Morgan fingerprint density at radius 2 is 1.96 bits per heavy atom. The number of rotatable bonds is 4. The number of carbonyl (C=O) groups excluding carboxylic acids is 1. The van der Waals surface area contributed by atoms with E-state index >= 15 is 0 Å². The van der Waals surface area contributed by atoms with Gasteiger partial charge >= 0.3 is 5.97 Å². The van der Waals surface area contributed by atoms with Gasteiger partial charge in [-0.3, -0.25) is 0 Å². The van der Waals surface area contributed by atoms with E-state index in [1.165, 1.54) is 5.56 Å². The van der Waals surface area contributed by atoms with Gasteiger partial charge in [-0.15, -0.1) is 23.5 Å². The lowest BCUT2D eigenvalue weighted by atomic mass is 10.0. The number of esters is 1. The second-order valence-corrected chi connectivity index (χ2v) is 8.46. The van der Waals surface area contributed by atoms with E-state index in [1.807, 2.05) is 53.9 Å². The third-order valence-electron chi connectivity index (χ3n) is 4.50. The summed E-state index contributed by atoms with van der Waals surface area (Å²) in [4.78, 5) is 12.1. The molecule has 0 unspecified atom stereocenters. The fraction of sp³-hybridized carbons (Fsp3) is 0.318. The molecular formula is C22H22O3S2. The summed E-state index contributed by atoms with van der Waals surface area (Å²) in [5.74, 6) is 6.93. The van der Waals surface area contributed by atoms with Gasteiger partial charge in [-0.2, -0.15) is 0 Å². The molecule has 0 spiro atoms. The zero-order chi connectivity index (χ0) is 19.3. The molecule has 5 heteroatoms. The first-order chi connectivity index (χ1) is 13.1. The van der Waals surface area contributed by atoms with Crippen LogP contribution in [0.25, 0.3) is 0 Å². The van der Waals surface area contributed by atoms with Crippen LogP contribution in [0.1, 0.15) is 40.4 Å². The van der Waals surface area contributed by atoms with Crippen LogP contribution in [-0.4, -0.2) is 31.7 Å². The normalized spacial score (nSPS) is 14.3. The molecule has 1 heterocycles. The first kappa shape index (κ1) is 19.7. The number of fused-ring (bicyclic) bond motifs is 1. The monoisotopic (exact) mass is 398 g/mol. The smallest absolute Gasteiger partial charge is 0.339 e. The Hall–Kier alpha value is -2.03. The van der Waals surface area contributed by atoms with E-state index in [-0.39, 0.29) is 10.0 Å². The van der Waals surface area contributed by atoms with Crippen LogP contribution >= 0.6 is 23.5 Å². The fourth-order valence-corrected chi connectivity index (χ4v) is 5.09. The zero-order valence-corrected chi connectivity index (χ0v) is 17.3. The minimum atomic E-state index is -0.343. The van der Waals surface area contributed by atoms with Crippen LogP contribution in [0, 0.1) is 11.8 Å². The summed E-state index contributed by atoms with van der Waals surface area (Å²) in [6, 6.07) is 13.4. The largest absolute Gasteiger partial charge is 0.493 e. The van der Waals surface area contributed by atoms with E-state index in [2.05, 4.69) is 30.4 Å². The molecule has 0 atom stereocenters. The van der Waals surface area contributed by atoms with E-state index < -0.39 is 0 Å². The molecule has 0 aromatic heterocycles. The molecule has 0 saturated carbocycles. The number of benzene rings is 2. The third kappa shape index (κ3) is 4.12. The van der Waals surface area contributed by atoms with Gasteiger partial charge in [0.15, 0.2) is 0 Å². The molecule has 140 valence electrons. The number of hydrogen-bond donors (Lipinski definition) is 0. The Morgan fingerprint density at radius 3 is 2.70 bits per heavy atom. The van der Waals surface area contributed by atoms with Gasteiger partial charge in [0.2, 0.25) is 0 Å². The summed E-state index contributed by atoms with van der Waals surface area (Å²) in [5.41, 5.74) is 3.26. The van der Waals surface area contributed by atoms with Crippen LogP contribution in [-0.2, 0) is 8.82 Å². The van der Waals surface area contributed by atoms with Gasteiger partial charge in [0.25, 0.3) is 0 Å². The Kier molecular flexibility index (Phi) is 6.41. The maximum atomic E-state index is 12.1. The van der Waals surface area contributed by atoms with Crippen LogP contribution in [0.5, 0.6) is 5.75 Å². The van der Waals surface area contributed by atoms with Crippen molar-refractivity contribution in [1.29, 1.82) is 0 Å². The van der Waals surface area contributed by atoms with Gasteiger partial charge in [0.05, 0.1) is 22.9 Å². The molecule has 0 amide bonds. The van der Waals surface area contributed by atoms with Crippen LogP contribution in [0.4, 0.5) is 0 Å². The lowest BCUT2D eigenvalue weighted by Gasteiger charge is -2.36. The van der Waals surface area contributed by atoms with E-state index in [0.717, 1.165) is 24.3 Å². The van der Waals surface area contributed by atoms with Gasteiger partial charge in [0.1, 0.15) is 5.75 Å². The van der Waals surface area contributed by atoms with Crippen molar-refractivity contribution >= 4 is 29.5 Å². The molecule has 3 nitrogen and oxygen atoms in total. The summed E-state index contributed by atoms with van der Waals surface area (Å²) in [6.07, 6.45) is 5.24. The predicted molar refractivity (Wildman–Crippen MR) is 114 cm³/mol. The first-order valence-corrected chi connectivity index (χ1v) is 11.2. The Labute approximate surface area is 169 Å². The Bertz CT molecular complexity index is 892. The van der Waals surface area contributed by atoms with Crippen LogP contribution < -0.4 is 4.74 Å². The molecule has 0 saturated heterocycles.